The summed E-state index contributed by atoms with van der Waals surface area (Å²) >= 11 is 0. The van der Waals surface area contributed by atoms with Gasteiger partial charge in [0.25, 0.3) is 0 Å². The maximum Gasteiger partial charge on any atom is 0.247 e. The summed E-state index contributed by atoms with van der Waals surface area (Å²) in [7, 11) is 0. The third kappa shape index (κ3) is 7.49. The van der Waals surface area contributed by atoms with Crippen molar-refractivity contribution in [1.29, 1.82) is 0 Å². The molecule has 2 aromatic heterocycles. The van der Waals surface area contributed by atoms with Crippen molar-refractivity contribution in [3.8, 4) is 0 Å². The molecular weight excluding hydrogens is 451 g/mol. The van der Waals surface area contributed by atoms with E-state index in [0.29, 0.717) is 17.1 Å². The Kier molecular flexibility index (Phi) is 8.72. The second kappa shape index (κ2) is 11.9. The van der Waals surface area contributed by atoms with Gasteiger partial charge in [0.1, 0.15) is 23.4 Å². The highest BCUT2D eigenvalue weighted by atomic mass is 19.1. The number of aryl methyl sites for hydroxylation is 1. The Hall–Kier alpha value is -4.01. The van der Waals surface area contributed by atoms with Gasteiger partial charge in [-0.2, -0.15) is 0 Å². The molecule has 8 nitrogen and oxygen atoms in total. The highest BCUT2D eigenvalue weighted by molar-refractivity contribution is 5.94. The summed E-state index contributed by atoms with van der Waals surface area (Å²) in [6.07, 6.45) is 2.80. The van der Waals surface area contributed by atoms with Crippen LogP contribution in [0.4, 0.5) is 10.2 Å². The van der Waals surface area contributed by atoms with Crippen LogP contribution in [0, 0.1) is 12.7 Å². The molecule has 0 fully saturated rings. The van der Waals surface area contributed by atoms with Gasteiger partial charge >= 0.3 is 0 Å². The van der Waals surface area contributed by atoms with E-state index in [1.165, 1.54) is 35.4 Å². The average Bonchev–Trinajstić information content (AvgIpc) is 3.31. The monoisotopic (exact) mass is 480 g/mol. The maximum atomic E-state index is 13.6. The topological polar surface area (TPSA) is 105 Å². The number of anilines is 1. The molecule has 9 heteroatoms. The minimum absolute atomic E-state index is 0.000443. The van der Waals surface area contributed by atoms with Crippen LogP contribution in [-0.2, 0) is 20.9 Å². The summed E-state index contributed by atoms with van der Waals surface area (Å²) in [5, 5.41) is 5.51. The summed E-state index contributed by atoms with van der Waals surface area (Å²) < 4.78 is 19.0. The smallest absolute Gasteiger partial charge is 0.247 e. The van der Waals surface area contributed by atoms with Crippen LogP contribution in [-0.4, -0.2) is 33.6 Å². The van der Waals surface area contributed by atoms with Crippen LogP contribution in [0.5, 0.6) is 0 Å². The Bertz CT molecular complexity index is 1150. The second-order valence-corrected chi connectivity index (χ2v) is 8.48. The normalized spacial score (nSPS) is 11.7. The maximum absolute atomic E-state index is 13.6. The van der Waals surface area contributed by atoms with Gasteiger partial charge in [0.15, 0.2) is 0 Å². The average molecular weight is 481 g/mol. The van der Waals surface area contributed by atoms with Crippen molar-refractivity contribution < 1.29 is 23.2 Å². The minimum Gasteiger partial charge on any atom is -0.467 e. The van der Waals surface area contributed by atoms with Crippen molar-refractivity contribution in [3.05, 3.63) is 83.7 Å². The third-order valence-electron chi connectivity index (χ3n) is 5.15. The van der Waals surface area contributed by atoms with Gasteiger partial charge in [-0.05, 0) is 68.3 Å². The molecule has 2 N–H and O–H groups in total. The van der Waals surface area contributed by atoms with E-state index in [1.54, 1.807) is 24.4 Å². The van der Waals surface area contributed by atoms with Crippen LogP contribution in [0.25, 0.3) is 0 Å². The van der Waals surface area contributed by atoms with Gasteiger partial charge in [0.2, 0.25) is 17.7 Å². The summed E-state index contributed by atoms with van der Waals surface area (Å²) in [6.45, 7) is 5.50. The van der Waals surface area contributed by atoms with E-state index in [2.05, 4.69) is 15.6 Å². The Morgan fingerprint density at radius 2 is 1.83 bits per heavy atom. The van der Waals surface area contributed by atoms with Crippen molar-refractivity contribution in [1.82, 2.24) is 15.2 Å². The molecule has 35 heavy (non-hydrogen) atoms. The second-order valence-electron chi connectivity index (χ2n) is 8.48. The number of pyridine rings is 1. The van der Waals surface area contributed by atoms with Gasteiger partial charge in [0.05, 0.1) is 12.8 Å². The fourth-order valence-corrected chi connectivity index (χ4v) is 3.55. The molecule has 0 aliphatic carbocycles. The molecule has 0 spiro atoms. The number of halogens is 1. The van der Waals surface area contributed by atoms with E-state index in [1.807, 2.05) is 26.8 Å². The quantitative estimate of drug-likeness (QED) is 0.454. The molecule has 0 aliphatic rings. The van der Waals surface area contributed by atoms with E-state index in [9.17, 15) is 18.8 Å². The SMILES string of the molecule is Cc1ccnc(NC(=O)CCC(=O)N(Cc2ccco2)[C@H](C(=O)NC(C)C)c2ccc(F)cc2)c1. The molecule has 0 bridgehead atoms. The van der Waals surface area contributed by atoms with Gasteiger partial charge in [0, 0.05) is 25.1 Å². The molecule has 0 unspecified atom stereocenters. The summed E-state index contributed by atoms with van der Waals surface area (Å²) in [4.78, 5) is 44.5. The van der Waals surface area contributed by atoms with E-state index in [4.69, 9.17) is 4.42 Å². The zero-order chi connectivity index (χ0) is 25.4. The lowest BCUT2D eigenvalue weighted by molar-refractivity contribution is -0.142. The van der Waals surface area contributed by atoms with E-state index >= 15 is 0 Å². The van der Waals surface area contributed by atoms with Crippen LogP contribution in [0.15, 0.2) is 65.4 Å². The Labute approximate surface area is 203 Å². The van der Waals surface area contributed by atoms with Gasteiger partial charge in [-0.3, -0.25) is 14.4 Å². The highest BCUT2D eigenvalue weighted by Crippen LogP contribution is 2.26. The number of nitrogens with zero attached hydrogens (tertiary/aromatic N) is 2. The molecule has 3 rings (SSSR count). The van der Waals surface area contributed by atoms with Crippen LogP contribution in [0.3, 0.4) is 0 Å². The number of aromatic nitrogens is 1. The van der Waals surface area contributed by atoms with Gasteiger partial charge < -0.3 is 20.0 Å². The predicted molar refractivity (Wildman–Crippen MR) is 129 cm³/mol. The number of benzene rings is 1. The number of carbonyl (C=O) groups excluding carboxylic acids is 3. The van der Waals surface area contributed by atoms with E-state index in [0.717, 1.165) is 5.56 Å². The summed E-state index contributed by atoms with van der Waals surface area (Å²) in [6, 6.07) is 11.1. The van der Waals surface area contributed by atoms with Crippen molar-refractivity contribution in [3.63, 3.8) is 0 Å². The first-order chi connectivity index (χ1) is 16.7. The summed E-state index contributed by atoms with van der Waals surface area (Å²) in [5.41, 5.74) is 1.38. The lowest BCUT2D eigenvalue weighted by Gasteiger charge is -2.31. The first kappa shape index (κ1) is 25.6. The highest BCUT2D eigenvalue weighted by Gasteiger charge is 2.32. The van der Waals surface area contributed by atoms with Gasteiger partial charge in [-0.15, -0.1) is 0 Å². The number of furan rings is 1. The molecule has 184 valence electrons. The van der Waals surface area contributed by atoms with Crippen LogP contribution in [0.2, 0.25) is 0 Å². The summed E-state index contributed by atoms with van der Waals surface area (Å²) in [5.74, 6) is -0.810. The number of nitrogens with one attached hydrogen (secondary N) is 2. The largest absolute Gasteiger partial charge is 0.467 e. The standard InChI is InChI=1S/C26H29FN4O4/c1-17(2)29-26(34)25(19-6-8-20(27)9-7-19)31(16-21-5-4-14-35-21)24(33)11-10-23(32)30-22-15-18(3)12-13-28-22/h4-9,12-15,17,25H,10-11,16H2,1-3H3,(H,29,34)(H,28,30,32)/t25-/m0/s1. The van der Waals surface area contributed by atoms with Crippen LogP contribution >= 0.6 is 0 Å². The number of rotatable bonds is 10. The van der Waals surface area contributed by atoms with E-state index < -0.39 is 23.7 Å². The number of amides is 3. The molecular formula is C26H29FN4O4. The molecule has 2 heterocycles. The Balaban J connectivity index is 1.83. The molecule has 0 radical (unpaired) electrons. The molecule has 1 atom stereocenters. The Morgan fingerprint density at radius 1 is 1.09 bits per heavy atom. The third-order valence-corrected chi connectivity index (χ3v) is 5.15. The lowest BCUT2D eigenvalue weighted by atomic mass is 10.0. The van der Waals surface area contributed by atoms with Crippen LogP contribution < -0.4 is 10.6 Å². The fourth-order valence-electron chi connectivity index (χ4n) is 3.55. The van der Waals surface area contributed by atoms with Crippen molar-refractivity contribution in [2.24, 2.45) is 0 Å². The minimum atomic E-state index is -1.04. The number of hydrogen-bond acceptors (Lipinski definition) is 5. The first-order valence-corrected chi connectivity index (χ1v) is 11.3. The number of hydrogen-bond donors (Lipinski definition) is 2. The first-order valence-electron chi connectivity index (χ1n) is 11.3. The fraction of sp³-hybridized carbons (Fsp3) is 0.308. The van der Waals surface area contributed by atoms with Gasteiger partial charge in [-0.25, -0.2) is 9.37 Å². The Morgan fingerprint density at radius 3 is 2.46 bits per heavy atom. The zero-order valence-electron chi connectivity index (χ0n) is 20.0. The molecule has 0 saturated carbocycles. The predicted octanol–water partition coefficient (Wildman–Crippen LogP) is 4.14. The van der Waals surface area contributed by atoms with Gasteiger partial charge in [-0.1, -0.05) is 12.1 Å². The molecule has 0 aliphatic heterocycles. The van der Waals surface area contributed by atoms with E-state index in [-0.39, 0.29) is 31.3 Å². The molecule has 3 aromatic rings. The molecule has 1 aromatic carbocycles. The van der Waals surface area contributed by atoms with Crippen molar-refractivity contribution in [2.75, 3.05) is 5.32 Å². The zero-order valence-corrected chi connectivity index (χ0v) is 20.0. The molecule has 3 amide bonds. The number of carbonyl (C=O) groups is 3. The lowest BCUT2D eigenvalue weighted by Crippen LogP contribution is -2.45. The molecule has 0 saturated heterocycles. The van der Waals surface area contributed by atoms with Crippen molar-refractivity contribution >= 4 is 23.5 Å². The van der Waals surface area contributed by atoms with Crippen LogP contribution in [0.1, 0.15) is 49.6 Å². The van der Waals surface area contributed by atoms with Crippen molar-refractivity contribution in [2.45, 2.75) is 52.2 Å².